The summed E-state index contributed by atoms with van der Waals surface area (Å²) in [5.41, 5.74) is 1.55. The molecule has 0 radical (unpaired) electrons. The van der Waals surface area contributed by atoms with Crippen LogP contribution >= 0.6 is 0 Å². The second-order valence-electron chi connectivity index (χ2n) is 7.72. The number of ketones is 1. The molecule has 0 unspecified atom stereocenters. The number of alkyl carbamates (subject to hydrolysis) is 1. The molecule has 3 N–H and O–H groups in total. The minimum absolute atomic E-state index is 0. The van der Waals surface area contributed by atoms with Gasteiger partial charge in [0.05, 0.1) is 12.5 Å². The van der Waals surface area contributed by atoms with Gasteiger partial charge in [0.15, 0.2) is 11.5 Å². The summed E-state index contributed by atoms with van der Waals surface area (Å²) in [5, 5.41) is 14.4. The van der Waals surface area contributed by atoms with Crippen molar-refractivity contribution in [2.24, 2.45) is 0 Å². The molecule has 2 amide bonds. The molecule has 0 aliphatic carbocycles. The van der Waals surface area contributed by atoms with Gasteiger partial charge in [-0.05, 0) is 22.0 Å². The number of Topliss-reactive ketones (excluding diaryl/α,β-unsaturated/α-hetero) is 1. The minimum Gasteiger partial charge on any atom is -1.00 e. The molecule has 34 heavy (non-hydrogen) atoms. The number of hydrogen-bond donors (Lipinski definition) is 3. The van der Waals surface area contributed by atoms with E-state index in [9.17, 15) is 24.3 Å². The highest BCUT2D eigenvalue weighted by atomic mass is 79.9. The van der Waals surface area contributed by atoms with Crippen LogP contribution in [0.15, 0.2) is 60.7 Å². The van der Waals surface area contributed by atoms with Gasteiger partial charge in [-0.25, -0.2) is 9.59 Å². The van der Waals surface area contributed by atoms with Crippen LogP contribution in [-0.2, 0) is 43.0 Å². The zero-order valence-corrected chi connectivity index (χ0v) is 21.4. The monoisotopic (exact) mass is 552 g/mol. The first kappa shape index (κ1) is 29.2. The Morgan fingerprint density at radius 3 is 1.97 bits per heavy atom. The molecule has 2 atom stereocenters. The number of carboxylic acid groups (broad SMARTS) is 1. The number of rotatable bonds is 12. The number of halogens is 1. The van der Waals surface area contributed by atoms with Gasteiger partial charge in [0, 0.05) is 12.8 Å². The van der Waals surface area contributed by atoms with Crippen LogP contribution in [0.5, 0.6) is 0 Å². The average Bonchev–Trinajstić information content (AvgIpc) is 2.77. The third-order valence-corrected chi connectivity index (χ3v) is 5.50. The average molecular weight is 553 g/mol. The lowest BCUT2D eigenvalue weighted by atomic mass is 10.0. The Hall–Kier alpha value is -2.85. The molecule has 0 aliphatic rings. The Kier molecular flexibility index (Phi) is 13.0. The lowest BCUT2D eigenvalue weighted by Gasteiger charge is -2.21. The molecule has 0 heterocycles. The smallest absolute Gasteiger partial charge is 0.408 e. The van der Waals surface area contributed by atoms with Crippen molar-refractivity contribution in [3.63, 3.8) is 0 Å². The summed E-state index contributed by atoms with van der Waals surface area (Å²) >= 11 is 0. The number of aliphatic carboxylic acids is 1. The van der Waals surface area contributed by atoms with Gasteiger partial charge in [0.1, 0.15) is 18.7 Å². The third-order valence-electron chi connectivity index (χ3n) is 4.60. The van der Waals surface area contributed by atoms with Gasteiger partial charge in [-0.3, -0.25) is 9.59 Å². The molecule has 0 aromatic heterocycles. The molecule has 0 bridgehead atoms. The maximum atomic E-state index is 12.9. The number of amides is 2. The van der Waals surface area contributed by atoms with Crippen molar-refractivity contribution in [3.05, 3.63) is 71.8 Å². The van der Waals surface area contributed by atoms with E-state index in [0.717, 1.165) is 11.1 Å². The van der Waals surface area contributed by atoms with Crippen LogP contribution in [0.4, 0.5) is 4.79 Å². The largest absolute Gasteiger partial charge is 1.00 e. The topological polar surface area (TPSA) is 122 Å². The van der Waals surface area contributed by atoms with Gasteiger partial charge >= 0.3 is 12.1 Å². The SMILES string of the molecule is C[S+](C)CC(=O)C[C@H](NC(=O)[C@H](Cc1ccccc1)NC(=O)OCc1ccccc1)C(=O)O.[Br-]. The third kappa shape index (κ3) is 10.8. The molecule has 184 valence electrons. The predicted molar refractivity (Wildman–Crippen MR) is 127 cm³/mol. The number of carbonyl (C=O) groups excluding carboxylic acids is 3. The van der Waals surface area contributed by atoms with Crippen LogP contribution in [0.1, 0.15) is 17.5 Å². The predicted octanol–water partition coefficient (Wildman–Crippen LogP) is -1.07. The first-order valence-corrected chi connectivity index (χ1v) is 12.6. The molecule has 8 nitrogen and oxygen atoms in total. The van der Waals surface area contributed by atoms with E-state index in [1.165, 1.54) is 0 Å². The Morgan fingerprint density at radius 1 is 0.882 bits per heavy atom. The van der Waals surface area contributed by atoms with E-state index < -0.39 is 30.1 Å². The van der Waals surface area contributed by atoms with Crippen molar-refractivity contribution in [1.82, 2.24) is 10.6 Å². The Morgan fingerprint density at radius 2 is 1.44 bits per heavy atom. The van der Waals surface area contributed by atoms with Gasteiger partial charge in [0.25, 0.3) is 0 Å². The van der Waals surface area contributed by atoms with Crippen LogP contribution in [-0.4, -0.2) is 59.2 Å². The van der Waals surface area contributed by atoms with Crippen molar-refractivity contribution in [2.45, 2.75) is 31.5 Å². The van der Waals surface area contributed by atoms with Gasteiger partial charge in [0.2, 0.25) is 5.91 Å². The van der Waals surface area contributed by atoms with E-state index in [4.69, 9.17) is 4.74 Å². The summed E-state index contributed by atoms with van der Waals surface area (Å²) in [6.07, 6.45) is 2.77. The van der Waals surface area contributed by atoms with E-state index in [1.54, 1.807) is 36.4 Å². The molecule has 0 saturated carbocycles. The van der Waals surface area contributed by atoms with Crippen LogP contribution in [0, 0.1) is 0 Å². The molecule has 2 aromatic rings. The second kappa shape index (κ2) is 15.1. The van der Waals surface area contributed by atoms with Crippen molar-refractivity contribution >= 4 is 34.6 Å². The fourth-order valence-corrected chi connectivity index (χ4v) is 3.81. The molecule has 0 spiro atoms. The van der Waals surface area contributed by atoms with E-state index in [1.807, 2.05) is 36.8 Å². The zero-order chi connectivity index (χ0) is 24.2. The number of carbonyl (C=O) groups is 4. The maximum Gasteiger partial charge on any atom is 0.408 e. The summed E-state index contributed by atoms with van der Waals surface area (Å²) in [5.74, 6) is -2.01. The number of nitrogens with one attached hydrogen (secondary N) is 2. The quantitative estimate of drug-likeness (QED) is 0.288. The normalized spacial score (nSPS) is 12.1. The van der Waals surface area contributed by atoms with Crippen LogP contribution in [0.2, 0.25) is 0 Å². The molecule has 10 heteroatoms. The number of ether oxygens (including phenoxy) is 1. The molecule has 0 aliphatic heterocycles. The maximum absolute atomic E-state index is 12.9. The summed E-state index contributed by atoms with van der Waals surface area (Å²) in [4.78, 5) is 49.0. The van der Waals surface area contributed by atoms with Gasteiger partial charge in [-0.15, -0.1) is 0 Å². The van der Waals surface area contributed by atoms with Crippen molar-refractivity contribution in [2.75, 3.05) is 18.3 Å². The molecule has 2 rings (SSSR count). The molecule has 0 saturated heterocycles. The summed E-state index contributed by atoms with van der Waals surface area (Å²) in [7, 11) is -0.178. The summed E-state index contributed by atoms with van der Waals surface area (Å²) in [6, 6.07) is 15.6. The van der Waals surface area contributed by atoms with E-state index in [-0.39, 0.29) is 58.9 Å². The highest BCUT2D eigenvalue weighted by molar-refractivity contribution is 7.96. The second-order valence-corrected chi connectivity index (χ2v) is 9.98. The van der Waals surface area contributed by atoms with E-state index in [2.05, 4.69) is 10.6 Å². The lowest BCUT2D eigenvalue weighted by molar-refractivity contribution is -0.143. The zero-order valence-electron chi connectivity index (χ0n) is 19.0. The minimum atomic E-state index is -1.38. The fraction of sp³-hybridized carbons (Fsp3) is 0.333. The number of benzene rings is 2. The molecular formula is C24H29BrN2O6S. The highest BCUT2D eigenvalue weighted by Crippen LogP contribution is 2.07. The fourth-order valence-electron chi connectivity index (χ4n) is 3.05. The summed E-state index contributed by atoms with van der Waals surface area (Å²) < 4.78 is 5.21. The van der Waals surface area contributed by atoms with Crippen molar-refractivity contribution in [3.8, 4) is 0 Å². The first-order valence-electron chi connectivity index (χ1n) is 10.3. The first-order chi connectivity index (χ1) is 15.7. The van der Waals surface area contributed by atoms with Crippen molar-refractivity contribution in [1.29, 1.82) is 0 Å². The molecular weight excluding hydrogens is 524 g/mol. The standard InChI is InChI=1S/C24H28N2O6S.BrH/c1-33(2)16-19(27)14-21(23(29)30)25-22(28)20(13-17-9-5-3-6-10-17)26-24(31)32-15-18-11-7-4-8-12-18;/h3-12,20-21H,13-16H2,1-2H3,(H2-,25,26,28,29,30,31);1H/t20-,21-;/m0./s1. The Labute approximate surface area is 212 Å². The summed E-state index contributed by atoms with van der Waals surface area (Å²) in [6.45, 7) is 0.0224. The van der Waals surface area contributed by atoms with Gasteiger partial charge < -0.3 is 37.5 Å². The lowest BCUT2D eigenvalue weighted by Crippen LogP contribution is -3.00. The van der Waals surface area contributed by atoms with E-state index in [0.29, 0.717) is 0 Å². The number of hydrogen-bond acceptors (Lipinski definition) is 5. The van der Waals surface area contributed by atoms with E-state index >= 15 is 0 Å². The number of carboxylic acids is 1. The van der Waals surface area contributed by atoms with Crippen LogP contribution in [0.3, 0.4) is 0 Å². The van der Waals surface area contributed by atoms with Crippen molar-refractivity contribution < 1.29 is 46.0 Å². The Bertz CT molecular complexity index is 943. The van der Waals surface area contributed by atoms with Gasteiger partial charge in [-0.2, -0.15) is 0 Å². The van der Waals surface area contributed by atoms with Crippen LogP contribution < -0.4 is 27.6 Å². The highest BCUT2D eigenvalue weighted by Gasteiger charge is 2.29. The molecule has 0 fully saturated rings. The van der Waals surface area contributed by atoms with Crippen LogP contribution in [0.25, 0.3) is 0 Å². The van der Waals surface area contributed by atoms with Gasteiger partial charge in [-0.1, -0.05) is 60.7 Å². The Balaban J connectivity index is 0.00000578. The molecule has 2 aromatic carbocycles.